The van der Waals surface area contributed by atoms with Gasteiger partial charge in [0.1, 0.15) is 0 Å². The largest absolute Gasteiger partial charge is 0.417 e. The van der Waals surface area contributed by atoms with E-state index < -0.39 is 22.7 Å². The molecule has 0 unspecified atom stereocenters. The van der Waals surface area contributed by atoms with Crippen LogP contribution in [0.5, 0.6) is 0 Å². The molecule has 2 amide bonds. The highest BCUT2D eigenvalue weighted by Gasteiger charge is 2.33. The Hall–Kier alpha value is -2.62. The van der Waals surface area contributed by atoms with Crippen molar-refractivity contribution in [3.8, 4) is 0 Å². The second-order valence-corrected chi connectivity index (χ2v) is 9.03. The summed E-state index contributed by atoms with van der Waals surface area (Å²) in [6.07, 6.45) is -3.73. The van der Waals surface area contributed by atoms with Crippen LogP contribution < -0.4 is 5.32 Å². The van der Waals surface area contributed by atoms with E-state index in [9.17, 15) is 22.8 Å². The number of nitrogens with zero attached hydrogens (tertiary/aromatic N) is 3. The van der Waals surface area contributed by atoms with Crippen LogP contribution in [0.2, 0.25) is 5.02 Å². The molecule has 0 spiro atoms. The summed E-state index contributed by atoms with van der Waals surface area (Å²) in [5.74, 6) is -0.296. The van der Waals surface area contributed by atoms with Gasteiger partial charge in [-0.25, -0.2) is 0 Å². The van der Waals surface area contributed by atoms with Gasteiger partial charge in [-0.3, -0.25) is 19.4 Å². The molecule has 4 rings (SSSR count). The highest BCUT2D eigenvalue weighted by molar-refractivity contribution is 6.31. The quantitative estimate of drug-likeness (QED) is 0.691. The first-order valence-electron chi connectivity index (χ1n) is 11.1. The third kappa shape index (κ3) is 6.08. The zero-order valence-corrected chi connectivity index (χ0v) is 19.3. The van der Waals surface area contributed by atoms with Gasteiger partial charge in [0, 0.05) is 45.0 Å². The maximum absolute atomic E-state index is 13.0. The predicted octanol–water partition coefficient (Wildman–Crippen LogP) is 3.50. The average molecular weight is 495 g/mol. The van der Waals surface area contributed by atoms with Crippen molar-refractivity contribution in [3.05, 3.63) is 64.2 Å². The normalized spacial score (nSPS) is 17.4. The molecule has 0 bridgehead atoms. The predicted molar refractivity (Wildman–Crippen MR) is 124 cm³/mol. The van der Waals surface area contributed by atoms with E-state index in [1.165, 1.54) is 17.2 Å². The lowest BCUT2D eigenvalue weighted by atomic mass is 10.00. The van der Waals surface area contributed by atoms with E-state index in [4.69, 9.17) is 11.6 Å². The number of rotatable bonds is 5. The van der Waals surface area contributed by atoms with Crippen LogP contribution in [-0.4, -0.2) is 72.3 Å². The second-order valence-electron chi connectivity index (χ2n) is 8.63. The molecule has 0 radical (unpaired) electrons. The van der Waals surface area contributed by atoms with E-state index in [-0.39, 0.29) is 18.1 Å². The van der Waals surface area contributed by atoms with Crippen LogP contribution in [0.3, 0.4) is 0 Å². The highest BCUT2D eigenvalue weighted by atomic mass is 35.5. The standard InChI is InChI=1S/C24H26ClF3N4O2/c25-21-6-5-19(13-20(21)24(26,27)28)29-22(33)15-30-9-11-31(12-10-30)16-23(34)32-8-7-17-3-1-2-4-18(17)14-32/h1-6,13H,7-12,14-16H2,(H,29,33). The molecule has 10 heteroatoms. The number of carbonyl (C=O) groups is 2. The molecule has 1 N–H and O–H groups in total. The van der Waals surface area contributed by atoms with Crippen molar-refractivity contribution in [2.24, 2.45) is 0 Å². The fraction of sp³-hybridized carbons (Fsp3) is 0.417. The second kappa shape index (κ2) is 10.3. The number of anilines is 1. The smallest absolute Gasteiger partial charge is 0.337 e. The van der Waals surface area contributed by atoms with E-state index in [0.29, 0.717) is 39.3 Å². The zero-order chi connectivity index (χ0) is 24.3. The van der Waals surface area contributed by atoms with E-state index in [1.807, 2.05) is 21.9 Å². The van der Waals surface area contributed by atoms with Gasteiger partial charge in [0.2, 0.25) is 11.8 Å². The average Bonchev–Trinajstić information content (AvgIpc) is 2.80. The van der Waals surface area contributed by atoms with Crippen molar-refractivity contribution in [3.63, 3.8) is 0 Å². The Morgan fingerprint density at radius 3 is 2.24 bits per heavy atom. The third-order valence-corrected chi connectivity index (χ3v) is 6.56. The molecule has 34 heavy (non-hydrogen) atoms. The molecule has 0 saturated carbocycles. The molecule has 2 aliphatic heterocycles. The molecule has 2 aromatic rings. The molecule has 2 aliphatic rings. The minimum absolute atomic E-state index is 0.0501. The zero-order valence-electron chi connectivity index (χ0n) is 18.6. The summed E-state index contributed by atoms with van der Waals surface area (Å²) in [5.41, 5.74) is 1.56. The molecule has 0 aliphatic carbocycles. The van der Waals surface area contributed by atoms with Crippen molar-refractivity contribution in [2.75, 3.05) is 51.1 Å². The molecule has 1 fully saturated rings. The summed E-state index contributed by atoms with van der Waals surface area (Å²) in [4.78, 5) is 31.0. The van der Waals surface area contributed by atoms with E-state index in [1.54, 1.807) is 0 Å². The van der Waals surface area contributed by atoms with Gasteiger partial charge in [-0.1, -0.05) is 35.9 Å². The number of amides is 2. The van der Waals surface area contributed by atoms with Gasteiger partial charge in [0.15, 0.2) is 0 Å². The van der Waals surface area contributed by atoms with Crippen LogP contribution in [0, 0.1) is 0 Å². The van der Waals surface area contributed by atoms with Crippen molar-refractivity contribution < 1.29 is 22.8 Å². The lowest BCUT2D eigenvalue weighted by Gasteiger charge is -2.36. The number of nitrogens with one attached hydrogen (secondary N) is 1. The van der Waals surface area contributed by atoms with E-state index in [0.717, 1.165) is 25.1 Å². The minimum Gasteiger partial charge on any atom is -0.337 e. The fourth-order valence-corrected chi connectivity index (χ4v) is 4.55. The molecular weight excluding hydrogens is 469 g/mol. The van der Waals surface area contributed by atoms with Crippen LogP contribution in [-0.2, 0) is 28.7 Å². The van der Waals surface area contributed by atoms with Gasteiger partial charge in [-0.2, -0.15) is 13.2 Å². The van der Waals surface area contributed by atoms with Gasteiger partial charge in [-0.05, 0) is 35.7 Å². The summed E-state index contributed by atoms with van der Waals surface area (Å²) < 4.78 is 39.0. The molecule has 0 aromatic heterocycles. The van der Waals surface area contributed by atoms with Crippen LogP contribution >= 0.6 is 11.6 Å². The van der Waals surface area contributed by atoms with Crippen molar-refractivity contribution in [1.29, 1.82) is 0 Å². The Morgan fingerprint density at radius 1 is 0.912 bits per heavy atom. The lowest BCUT2D eigenvalue weighted by molar-refractivity contribution is -0.137. The number of carbonyl (C=O) groups excluding carboxylic acids is 2. The summed E-state index contributed by atoms with van der Waals surface area (Å²) in [6.45, 7) is 4.23. The maximum atomic E-state index is 13.0. The third-order valence-electron chi connectivity index (χ3n) is 6.23. The first-order chi connectivity index (χ1) is 16.2. The number of piperazine rings is 1. The van der Waals surface area contributed by atoms with E-state index in [2.05, 4.69) is 22.3 Å². The van der Waals surface area contributed by atoms with Crippen LogP contribution in [0.25, 0.3) is 0 Å². The molecule has 182 valence electrons. The SMILES string of the molecule is O=C(CN1CCN(CC(=O)N2CCc3ccccc3C2)CC1)Nc1ccc(Cl)c(C(F)(F)F)c1. The molecule has 0 atom stereocenters. The van der Waals surface area contributed by atoms with Gasteiger partial charge in [-0.15, -0.1) is 0 Å². The lowest BCUT2D eigenvalue weighted by Crippen LogP contribution is -2.51. The summed E-state index contributed by atoms with van der Waals surface area (Å²) in [6, 6.07) is 11.5. The number of halogens is 4. The topological polar surface area (TPSA) is 55.9 Å². The Balaban J connectivity index is 1.22. The number of fused-ring (bicyclic) bond motifs is 1. The Kier molecular flexibility index (Phi) is 7.45. The summed E-state index contributed by atoms with van der Waals surface area (Å²) >= 11 is 5.62. The fourth-order valence-electron chi connectivity index (χ4n) is 4.33. The van der Waals surface area contributed by atoms with E-state index >= 15 is 0 Å². The highest BCUT2D eigenvalue weighted by Crippen LogP contribution is 2.36. The van der Waals surface area contributed by atoms with Crippen LogP contribution in [0.1, 0.15) is 16.7 Å². The molecule has 2 aromatic carbocycles. The first kappa shape index (κ1) is 24.5. The number of benzene rings is 2. The van der Waals surface area contributed by atoms with Crippen LogP contribution in [0.4, 0.5) is 18.9 Å². The number of hydrogen-bond donors (Lipinski definition) is 1. The maximum Gasteiger partial charge on any atom is 0.417 e. The molecule has 1 saturated heterocycles. The van der Waals surface area contributed by atoms with Gasteiger partial charge in [0.05, 0.1) is 23.7 Å². The van der Waals surface area contributed by atoms with Crippen molar-refractivity contribution in [1.82, 2.24) is 14.7 Å². The van der Waals surface area contributed by atoms with Gasteiger partial charge in [0.25, 0.3) is 0 Å². The number of hydrogen-bond acceptors (Lipinski definition) is 4. The van der Waals surface area contributed by atoms with Crippen molar-refractivity contribution in [2.45, 2.75) is 19.1 Å². The summed E-state index contributed by atoms with van der Waals surface area (Å²) in [7, 11) is 0. The number of alkyl halides is 3. The monoisotopic (exact) mass is 494 g/mol. The molecular formula is C24H26ClF3N4O2. The minimum atomic E-state index is -4.59. The molecule has 6 nitrogen and oxygen atoms in total. The van der Waals surface area contributed by atoms with Gasteiger partial charge < -0.3 is 10.2 Å². The Bertz CT molecular complexity index is 1050. The first-order valence-corrected chi connectivity index (χ1v) is 11.5. The van der Waals surface area contributed by atoms with Crippen molar-refractivity contribution >= 4 is 29.1 Å². The Labute approximate surface area is 201 Å². The molecule has 2 heterocycles. The Morgan fingerprint density at radius 2 is 1.56 bits per heavy atom. The summed E-state index contributed by atoms with van der Waals surface area (Å²) in [5, 5.41) is 2.10. The van der Waals surface area contributed by atoms with Gasteiger partial charge >= 0.3 is 6.18 Å². The van der Waals surface area contributed by atoms with Crippen LogP contribution in [0.15, 0.2) is 42.5 Å².